The van der Waals surface area contributed by atoms with Crippen LogP contribution >= 0.6 is 0 Å². The van der Waals surface area contributed by atoms with E-state index in [1.165, 1.54) is 17.0 Å². The van der Waals surface area contributed by atoms with E-state index < -0.39 is 6.23 Å². The van der Waals surface area contributed by atoms with Crippen molar-refractivity contribution >= 4 is 17.7 Å². The Bertz CT molecular complexity index is 653. The van der Waals surface area contributed by atoms with E-state index >= 15 is 0 Å². The van der Waals surface area contributed by atoms with E-state index in [4.69, 9.17) is 0 Å². The van der Waals surface area contributed by atoms with Crippen LogP contribution in [0.15, 0.2) is 12.1 Å². The monoisotopic (exact) mass is 274 g/mol. The molecule has 0 radical (unpaired) electrons. The van der Waals surface area contributed by atoms with Crippen molar-refractivity contribution in [2.45, 2.75) is 20.1 Å². The Morgan fingerprint density at radius 3 is 2.10 bits per heavy atom. The van der Waals surface area contributed by atoms with Gasteiger partial charge in [-0.25, -0.2) is 0 Å². The summed E-state index contributed by atoms with van der Waals surface area (Å²) in [5.41, 5.74) is 1.21. The Labute approximate surface area is 115 Å². The summed E-state index contributed by atoms with van der Waals surface area (Å²) >= 11 is 0. The van der Waals surface area contributed by atoms with Crippen molar-refractivity contribution in [2.24, 2.45) is 0 Å². The highest BCUT2D eigenvalue weighted by Gasteiger charge is 2.41. The van der Waals surface area contributed by atoms with Crippen LogP contribution < -0.4 is 0 Å². The molecule has 0 bridgehead atoms. The van der Waals surface area contributed by atoms with Crippen molar-refractivity contribution in [1.82, 2.24) is 9.80 Å². The Morgan fingerprint density at radius 2 is 1.55 bits per heavy atom. The summed E-state index contributed by atoms with van der Waals surface area (Å²) in [6.07, 6.45) is -1.05. The number of nitrogens with zero attached hydrogens (tertiary/aromatic N) is 2. The lowest BCUT2D eigenvalue weighted by Gasteiger charge is -2.18. The summed E-state index contributed by atoms with van der Waals surface area (Å²) in [4.78, 5) is 38.8. The maximum atomic E-state index is 12.1. The average Bonchev–Trinajstić information content (AvgIpc) is 2.82. The number of carbonyl (C=O) groups excluding carboxylic acids is 3. The summed E-state index contributed by atoms with van der Waals surface area (Å²) in [7, 11) is 0. The SMILES string of the molecule is CCN1C(=O)c2cc3c(cc2C1=O)C(O)N(CC)C3=O. The second kappa shape index (κ2) is 4.14. The molecular formula is C14H14N2O4. The number of carbonyl (C=O) groups is 3. The van der Waals surface area contributed by atoms with Gasteiger partial charge in [0, 0.05) is 24.2 Å². The van der Waals surface area contributed by atoms with Crippen molar-refractivity contribution in [2.75, 3.05) is 13.1 Å². The molecule has 1 aromatic carbocycles. The van der Waals surface area contributed by atoms with Crippen molar-refractivity contribution in [3.05, 3.63) is 34.4 Å². The molecule has 6 heteroatoms. The fourth-order valence-electron chi connectivity index (χ4n) is 2.79. The molecule has 1 aromatic rings. The van der Waals surface area contributed by atoms with Crippen LogP contribution in [0.1, 0.15) is 56.7 Å². The van der Waals surface area contributed by atoms with E-state index in [9.17, 15) is 19.5 Å². The number of fused-ring (bicyclic) bond motifs is 2. The molecule has 6 nitrogen and oxygen atoms in total. The van der Waals surface area contributed by atoms with E-state index in [-0.39, 0.29) is 35.4 Å². The molecule has 20 heavy (non-hydrogen) atoms. The first-order valence-corrected chi connectivity index (χ1v) is 6.54. The molecule has 2 heterocycles. The molecule has 1 unspecified atom stereocenters. The molecule has 0 fully saturated rings. The number of benzene rings is 1. The van der Waals surface area contributed by atoms with Crippen LogP contribution in [-0.2, 0) is 0 Å². The Kier molecular flexibility index (Phi) is 2.65. The summed E-state index contributed by atoms with van der Waals surface area (Å²) < 4.78 is 0. The van der Waals surface area contributed by atoms with Crippen LogP contribution in [-0.4, -0.2) is 45.7 Å². The summed E-state index contributed by atoms with van der Waals surface area (Å²) in [6, 6.07) is 2.90. The number of hydrogen-bond acceptors (Lipinski definition) is 4. The van der Waals surface area contributed by atoms with E-state index in [0.717, 1.165) is 4.90 Å². The average molecular weight is 274 g/mol. The summed E-state index contributed by atoms with van der Waals surface area (Å²) in [5, 5.41) is 10.1. The van der Waals surface area contributed by atoms with Gasteiger partial charge in [-0.05, 0) is 26.0 Å². The predicted molar refractivity (Wildman–Crippen MR) is 69.2 cm³/mol. The molecule has 0 aromatic heterocycles. The quantitative estimate of drug-likeness (QED) is 0.808. The molecule has 0 spiro atoms. The van der Waals surface area contributed by atoms with Crippen LogP contribution in [0.25, 0.3) is 0 Å². The van der Waals surface area contributed by atoms with Gasteiger partial charge in [0.15, 0.2) is 6.23 Å². The topological polar surface area (TPSA) is 77.9 Å². The minimum absolute atomic E-state index is 0.245. The number of hydrogen-bond donors (Lipinski definition) is 1. The highest BCUT2D eigenvalue weighted by Crippen LogP contribution is 2.36. The lowest BCUT2D eigenvalue weighted by Crippen LogP contribution is -2.29. The van der Waals surface area contributed by atoms with Gasteiger partial charge in [0.1, 0.15) is 0 Å². The Morgan fingerprint density at radius 1 is 0.950 bits per heavy atom. The zero-order valence-corrected chi connectivity index (χ0v) is 11.2. The first-order chi connectivity index (χ1) is 9.51. The molecule has 2 aliphatic heterocycles. The van der Waals surface area contributed by atoms with Crippen LogP contribution in [0.4, 0.5) is 0 Å². The second-order valence-corrected chi connectivity index (χ2v) is 4.80. The van der Waals surface area contributed by atoms with Gasteiger partial charge < -0.3 is 10.0 Å². The fraction of sp³-hybridized carbons (Fsp3) is 0.357. The number of amides is 3. The molecule has 1 atom stereocenters. The summed E-state index contributed by atoms with van der Waals surface area (Å²) in [6.45, 7) is 4.13. The predicted octanol–water partition coefficient (Wildman–Crippen LogP) is 0.769. The maximum Gasteiger partial charge on any atom is 0.261 e. The van der Waals surface area contributed by atoms with Crippen molar-refractivity contribution in [1.29, 1.82) is 0 Å². The molecule has 0 saturated heterocycles. The molecule has 104 valence electrons. The van der Waals surface area contributed by atoms with E-state index in [2.05, 4.69) is 0 Å². The number of aliphatic hydroxyl groups is 1. The Hall–Kier alpha value is -2.21. The molecule has 3 amide bonds. The van der Waals surface area contributed by atoms with Crippen LogP contribution in [0, 0.1) is 0 Å². The van der Waals surface area contributed by atoms with E-state index in [1.54, 1.807) is 13.8 Å². The Balaban J connectivity index is 2.17. The molecular weight excluding hydrogens is 260 g/mol. The maximum absolute atomic E-state index is 12.1. The second-order valence-electron chi connectivity index (χ2n) is 4.80. The van der Waals surface area contributed by atoms with Gasteiger partial charge in [-0.1, -0.05) is 0 Å². The van der Waals surface area contributed by atoms with Gasteiger partial charge >= 0.3 is 0 Å². The van der Waals surface area contributed by atoms with E-state index in [0.29, 0.717) is 17.7 Å². The largest absolute Gasteiger partial charge is 0.369 e. The van der Waals surface area contributed by atoms with Crippen molar-refractivity contribution < 1.29 is 19.5 Å². The van der Waals surface area contributed by atoms with E-state index in [1.807, 2.05) is 0 Å². The first kappa shape index (κ1) is 12.8. The van der Waals surface area contributed by atoms with Crippen LogP contribution in [0.5, 0.6) is 0 Å². The highest BCUT2D eigenvalue weighted by molar-refractivity contribution is 6.22. The smallest absolute Gasteiger partial charge is 0.261 e. The normalized spacial score (nSPS) is 20.8. The standard InChI is InChI=1S/C14H14N2O4/c1-3-15-11(17)7-5-9-10(6-8(7)12(15)18)14(20)16(4-2)13(9)19/h5-6,11,17H,3-4H2,1-2H3. The van der Waals surface area contributed by atoms with Crippen molar-refractivity contribution in [3.8, 4) is 0 Å². The van der Waals surface area contributed by atoms with Gasteiger partial charge in [-0.15, -0.1) is 0 Å². The fourth-order valence-corrected chi connectivity index (χ4v) is 2.79. The first-order valence-electron chi connectivity index (χ1n) is 6.54. The van der Waals surface area contributed by atoms with Gasteiger partial charge in [-0.3, -0.25) is 19.3 Å². The zero-order valence-electron chi connectivity index (χ0n) is 11.2. The number of rotatable bonds is 2. The number of aliphatic hydroxyl groups excluding tert-OH is 1. The summed E-state index contributed by atoms with van der Waals surface area (Å²) in [5.74, 6) is -1.06. The van der Waals surface area contributed by atoms with Gasteiger partial charge in [-0.2, -0.15) is 0 Å². The van der Waals surface area contributed by atoms with Gasteiger partial charge in [0.25, 0.3) is 17.7 Å². The minimum atomic E-state index is -1.05. The molecule has 2 aliphatic rings. The third-order valence-electron chi connectivity index (χ3n) is 3.86. The molecule has 3 rings (SSSR count). The van der Waals surface area contributed by atoms with Crippen LogP contribution in [0.2, 0.25) is 0 Å². The van der Waals surface area contributed by atoms with Gasteiger partial charge in [0.2, 0.25) is 0 Å². The third kappa shape index (κ3) is 1.39. The molecule has 0 aliphatic carbocycles. The van der Waals surface area contributed by atoms with Gasteiger partial charge in [0.05, 0.1) is 11.1 Å². The third-order valence-corrected chi connectivity index (χ3v) is 3.86. The zero-order chi connectivity index (χ0) is 14.6. The number of imide groups is 1. The highest BCUT2D eigenvalue weighted by atomic mass is 16.3. The van der Waals surface area contributed by atoms with Crippen molar-refractivity contribution in [3.63, 3.8) is 0 Å². The lowest BCUT2D eigenvalue weighted by atomic mass is 10.0. The lowest BCUT2D eigenvalue weighted by molar-refractivity contribution is 0.0202. The van der Waals surface area contributed by atoms with Crippen LogP contribution in [0.3, 0.4) is 0 Å². The molecule has 0 saturated carbocycles. The minimum Gasteiger partial charge on any atom is -0.369 e. The molecule has 1 N–H and O–H groups in total.